The summed E-state index contributed by atoms with van der Waals surface area (Å²) in [6.07, 6.45) is 3.42. The highest BCUT2D eigenvalue weighted by Gasteiger charge is 2.24. The van der Waals surface area contributed by atoms with Crippen LogP contribution < -0.4 is 10.6 Å². The molecule has 1 fully saturated rings. The molecule has 0 aliphatic carbocycles. The van der Waals surface area contributed by atoms with Gasteiger partial charge in [0.2, 0.25) is 11.0 Å². The molecule has 9 heteroatoms. The molecule has 126 valence electrons. The maximum Gasteiger partial charge on any atom is 0.323 e. The van der Waals surface area contributed by atoms with E-state index < -0.39 is 0 Å². The molecule has 2 N–H and O–H groups in total. The lowest BCUT2D eigenvalue weighted by molar-refractivity contribution is -0.119. The number of pyridine rings is 1. The molecule has 3 amide bonds. The average Bonchev–Trinajstić information content (AvgIpc) is 3.04. The van der Waals surface area contributed by atoms with Gasteiger partial charge < -0.3 is 10.2 Å². The first-order valence-electron chi connectivity index (χ1n) is 7.70. The minimum absolute atomic E-state index is 0.000463. The summed E-state index contributed by atoms with van der Waals surface area (Å²) in [4.78, 5) is 29.4. The molecule has 3 heterocycles. The molecular formula is C15H18N6O2S. The number of hydrogen-bond donors (Lipinski definition) is 2. The molecule has 0 radical (unpaired) electrons. The zero-order valence-corrected chi connectivity index (χ0v) is 14.0. The summed E-state index contributed by atoms with van der Waals surface area (Å²) >= 11 is 1.28. The number of anilines is 1. The van der Waals surface area contributed by atoms with Gasteiger partial charge in [-0.25, -0.2) is 4.79 Å². The molecule has 0 unspecified atom stereocenters. The predicted molar refractivity (Wildman–Crippen MR) is 90.6 cm³/mol. The minimum atomic E-state index is -0.228. The van der Waals surface area contributed by atoms with Crippen molar-refractivity contribution in [2.75, 3.05) is 18.4 Å². The quantitative estimate of drug-likeness (QED) is 0.881. The first-order valence-corrected chi connectivity index (χ1v) is 8.51. The summed E-state index contributed by atoms with van der Waals surface area (Å²) in [7, 11) is 0. The van der Waals surface area contributed by atoms with Gasteiger partial charge in [-0.15, -0.1) is 10.2 Å². The molecule has 2 aromatic heterocycles. The number of carbonyl (C=O) groups excluding carboxylic acids is 2. The van der Waals surface area contributed by atoms with E-state index in [4.69, 9.17) is 0 Å². The third-order valence-corrected chi connectivity index (χ3v) is 4.50. The Morgan fingerprint density at radius 3 is 2.96 bits per heavy atom. The van der Waals surface area contributed by atoms with Gasteiger partial charge >= 0.3 is 6.03 Å². The Labute approximate surface area is 143 Å². The van der Waals surface area contributed by atoms with Gasteiger partial charge in [0.05, 0.1) is 0 Å². The standard InChI is InChI=1S/C15H18N6O2S/c1-10(22)17-11-5-4-8-21(9-11)15(23)18-14-20-19-13(24-14)12-6-2-3-7-16-12/h2-3,6-7,11H,4-5,8-9H2,1H3,(H,17,22)(H,18,20,23)/t11-/m0/s1. The number of likely N-dealkylation sites (tertiary alicyclic amines) is 1. The normalized spacial score (nSPS) is 17.4. The van der Waals surface area contributed by atoms with E-state index in [9.17, 15) is 9.59 Å². The molecule has 3 rings (SSSR count). The fraction of sp³-hybridized carbons (Fsp3) is 0.400. The van der Waals surface area contributed by atoms with Crippen LogP contribution in [0.15, 0.2) is 24.4 Å². The van der Waals surface area contributed by atoms with Crippen LogP contribution >= 0.6 is 11.3 Å². The predicted octanol–water partition coefficient (Wildman–Crippen LogP) is 1.73. The maximum absolute atomic E-state index is 12.4. The monoisotopic (exact) mass is 346 g/mol. The van der Waals surface area contributed by atoms with E-state index in [-0.39, 0.29) is 18.0 Å². The van der Waals surface area contributed by atoms with Crippen LogP contribution in [0.2, 0.25) is 0 Å². The summed E-state index contributed by atoms with van der Waals surface area (Å²) in [6, 6.07) is 5.32. The van der Waals surface area contributed by atoms with E-state index >= 15 is 0 Å². The summed E-state index contributed by atoms with van der Waals surface area (Å²) in [5.74, 6) is -0.0774. The lowest BCUT2D eigenvalue weighted by atomic mass is 10.1. The van der Waals surface area contributed by atoms with Crippen molar-refractivity contribution in [3.05, 3.63) is 24.4 Å². The van der Waals surface area contributed by atoms with Crippen LogP contribution in [0.5, 0.6) is 0 Å². The maximum atomic E-state index is 12.4. The van der Waals surface area contributed by atoms with Gasteiger partial charge in [0.1, 0.15) is 5.69 Å². The van der Waals surface area contributed by atoms with Gasteiger partial charge in [-0.05, 0) is 25.0 Å². The van der Waals surface area contributed by atoms with Crippen LogP contribution in [0, 0.1) is 0 Å². The van der Waals surface area contributed by atoms with Crippen LogP contribution in [-0.4, -0.2) is 51.2 Å². The van der Waals surface area contributed by atoms with Crippen molar-refractivity contribution in [1.82, 2.24) is 25.4 Å². The smallest absolute Gasteiger partial charge is 0.323 e. The summed E-state index contributed by atoms with van der Waals surface area (Å²) in [5, 5.41) is 14.8. The molecule has 1 saturated heterocycles. The number of nitrogens with one attached hydrogen (secondary N) is 2. The van der Waals surface area contributed by atoms with Crippen LogP contribution in [0.25, 0.3) is 10.7 Å². The van der Waals surface area contributed by atoms with Crippen LogP contribution in [0.1, 0.15) is 19.8 Å². The van der Waals surface area contributed by atoms with Gasteiger partial charge in [0.25, 0.3) is 0 Å². The molecule has 1 atom stereocenters. The van der Waals surface area contributed by atoms with E-state index in [1.807, 2.05) is 18.2 Å². The van der Waals surface area contributed by atoms with Crippen molar-refractivity contribution >= 4 is 28.4 Å². The SMILES string of the molecule is CC(=O)N[C@H]1CCCN(C(=O)Nc2nnc(-c3ccccn3)s2)C1. The van der Waals surface area contributed by atoms with Crippen LogP contribution in [-0.2, 0) is 4.79 Å². The van der Waals surface area contributed by atoms with Crippen molar-refractivity contribution in [2.45, 2.75) is 25.8 Å². The van der Waals surface area contributed by atoms with Crippen LogP contribution in [0.4, 0.5) is 9.93 Å². The Kier molecular flexibility index (Phi) is 4.99. The molecule has 1 aliphatic heterocycles. The number of nitrogens with zero attached hydrogens (tertiary/aromatic N) is 4. The molecule has 1 aliphatic rings. The largest absolute Gasteiger partial charge is 0.352 e. The molecule has 0 spiro atoms. The molecule has 8 nitrogen and oxygen atoms in total. The first kappa shape index (κ1) is 16.3. The van der Waals surface area contributed by atoms with Crippen molar-refractivity contribution in [2.24, 2.45) is 0 Å². The Hall–Kier alpha value is -2.55. The Balaban J connectivity index is 1.61. The number of amides is 3. The van der Waals surface area contributed by atoms with Gasteiger partial charge in [0.15, 0.2) is 5.01 Å². The van der Waals surface area contributed by atoms with Crippen molar-refractivity contribution in [3.63, 3.8) is 0 Å². The Morgan fingerprint density at radius 2 is 2.21 bits per heavy atom. The third-order valence-electron chi connectivity index (χ3n) is 3.64. The fourth-order valence-electron chi connectivity index (χ4n) is 2.60. The molecule has 2 aromatic rings. The highest BCUT2D eigenvalue weighted by atomic mass is 32.1. The van der Waals surface area contributed by atoms with E-state index in [2.05, 4.69) is 25.8 Å². The average molecular weight is 346 g/mol. The van der Waals surface area contributed by atoms with Crippen molar-refractivity contribution in [1.29, 1.82) is 0 Å². The zero-order chi connectivity index (χ0) is 16.9. The fourth-order valence-corrected chi connectivity index (χ4v) is 3.31. The molecular weight excluding hydrogens is 328 g/mol. The van der Waals surface area contributed by atoms with Gasteiger partial charge in [-0.2, -0.15) is 0 Å². The Bertz CT molecular complexity index is 720. The van der Waals surface area contributed by atoms with E-state index in [1.165, 1.54) is 18.3 Å². The Morgan fingerprint density at radius 1 is 1.33 bits per heavy atom. The molecule has 0 bridgehead atoms. The molecule has 24 heavy (non-hydrogen) atoms. The number of rotatable bonds is 3. The summed E-state index contributed by atoms with van der Waals surface area (Å²) in [6.45, 7) is 2.64. The number of piperidine rings is 1. The highest BCUT2D eigenvalue weighted by molar-refractivity contribution is 7.18. The van der Waals surface area contributed by atoms with Gasteiger partial charge in [-0.1, -0.05) is 17.4 Å². The topological polar surface area (TPSA) is 100 Å². The van der Waals surface area contributed by atoms with Gasteiger partial charge in [-0.3, -0.25) is 15.1 Å². The second-order valence-electron chi connectivity index (χ2n) is 5.54. The summed E-state index contributed by atoms with van der Waals surface area (Å²) in [5.41, 5.74) is 0.721. The second-order valence-corrected chi connectivity index (χ2v) is 6.52. The summed E-state index contributed by atoms with van der Waals surface area (Å²) < 4.78 is 0. The van der Waals surface area contributed by atoms with E-state index in [1.54, 1.807) is 11.1 Å². The number of urea groups is 1. The first-order chi connectivity index (χ1) is 11.6. The second kappa shape index (κ2) is 7.35. The van der Waals surface area contributed by atoms with Crippen LogP contribution in [0.3, 0.4) is 0 Å². The number of carbonyl (C=O) groups is 2. The van der Waals surface area contributed by atoms with E-state index in [0.717, 1.165) is 18.5 Å². The molecule has 0 saturated carbocycles. The number of aromatic nitrogens is 3. The zero-order valence-electron chi connectivity index (χ0n) is 13.2. The number of hydrogen-bond acceptors (Lipinski definition) is 6. The van der Waals surface area contributed by atoms with Crippen molar-refractivity contribution < 1.29 is 9.59 Å². The molecule has 0 aromatic carbocycles. The van der Waals surface area contributed by atoms with E-state index in [0.29, 0.717) is 23.2 Å². The third kappa shape index (κ3) is 4.05. The highest BCUT2D eigenvalue weighted by Crippen LogP contribution is 2.24. The lowest BCUT2D eigenvalue weighted by Gasteiger charge is -2.32. The van der Waals surface area contributed by atoms with Crippen molar-refractivity contribution in [3.8, 4) is 10.7 Å². The lowest BCUT2D eigenvalue weighted by Crippen LogP contribution is -2.50. The van der Waals surface area contributed by atoms with Gasteiger partial charge in [0, 0.05) is 32.3 Å². The minimum Gasteiger partial charge on any atom is -0.352 e.